The van der Waals surface area contributed by atoms with E-state index in [0.29, 0.717) is 33.6 Å². The molecule has 0 radical (unpaired) electrons. The highest BCUT2D eigenvalue weighted by Crippen LogP contribution is 2.61. The summed E-state index contributed by atoms with van der Waals surface area (Å²) in [7, 11) is 0. The van der Waals surface area contributed by atoms with Gasteiger partial charge in [0.2, 0.25) is 0 Å². The molecule has 4 atom stereocenters. The number of phenolic OH excluding ortho intramolecular Hbond substituents is 9. The average molecular weight is 713 g/mol. The zero-order chi connectivity index (χ0) is 37.1. The van der Waals surface area contributed by atoms with Crippen molar-refractivity contribution in [2.45, 2.75) is 24.0 Å². The van der Waals surface area contributed by atoms with Gasteiger partial charge >= 0.3 is 0 Å². The fourth-order valence-electron chi connectivity index (χ4n) is 7.47. The Bertz CT molecular complexity index is 2400. The zero-order valence-electron chi connectivity index (χ0n) is 27.6. The molecule has 53 heavy (non-hydrogen) atoms. The second-order valence-electron chi connectivity index (χ2n) is 13.1. The van der Waals surface area contributed by atoms with Gasteiger partial charge in [-0.3, -0.25) is 0 Å². The monoisotopic (exact) mass is 712 g/mol. The Balaban J connectivity index is 1.33. The van der Waals surface area contributed by atoms with Gasteiger partial charge in [0.1, 0.15) is 75.5 Å². The maximum Gasteiger partial charge on any atom is 0.138 e. The molecule has 9 N–H and O–H groups in total. The molecular formula is C42H32O11. The minimum absolute atomic E-state index is 0.0916. The van der Waals surface area contributed by atoms with Gasteiger partial charge in [-0.1, -0.05) is 24.3 Å². The number of hydrogen-bond acceptors (Lipinski definition) is 11. The standard InChI is InChI=1S/C42H32O11/c43-24-5-2-20(3-6-24)1-4-21-11-30(49)19-35-36(21)37(22-12-26(45)16-27(46)13-22)41(52-35)32-9-10-33(50)39-38(23-14-28(47)17-29(48)15-23)40(53-42(32)39)31-8-7-25(44)18-34(31)51/h1-19,37-38,40-41,43-51H/b4-1+/t37-,38-,40+,41+/m0/s1. The molecule has 6 aromatic rings. The fourth-order valence-corrected chi connectivity index (χ4v) is 7.47. The van der Waals surface area contributed by atoms with Crippen LogP contribution in [0.4, 0.5) is 0 Å². The van der Waals surface area contributed by atoms with E-state index in [1.807, 2.05) is 0 Å². The van der Waals surface area contributed by atoms with E-state index in [-0.39, 0.29) is 68.6 Å². The summed E-state index contributed by atoms with van der Waals surface area (Å²) in [6.45, 7) is 0. The fraction of sp³-hybridized carbons (Fsp3) is 0.0952. The Morgan fingerprint density at radius 2 is 0.962 bits per heavy atom. The van der Waals surface area contributed by atoms with E-state index in [2.05, 4.69) is 0 Å². The number of aromatic hydroxyl groups is 9. The summed E-state index contributed by atoms with van der Waals surface area (Å²) in [6, 6.07) is 24.8. The van der Waals surface area contributed by atoms with Crippen LogP contribution in [0.15, 0.2) is 103 Å². The Morgan fingerprint density at radius 1 is 0.415 bits per heavy atom. The van der Waals surface area contributed by atoms with Crippen LogP contribution in [-0.2, 0) is 0 Å². The molecule has 0 bridgehead atoms. The first-order valence-electron chi connectivity index (χ1n) is 16.5. The van der Waals surface area contributed by atoms with Crippen LogP contribution in [0.5, 0.6) is 63.2 Å². The van der Waals surface area contributed by atoms with Crippen molar-refractivity contribution in [1.29, 1.82) is 0 Å². The molecule has 6 aromatic carbocycles. The van der Waals surface area contributed by atoms with Gasteiger partial charge in [-0.25, -0.2) is 0 Å². The van der Waals surface area contributed by atoms with Gasteiger partial charge in [0.15, 0.2) is 0 Å². The van der Waals surface area contributed by atoms with Crippen molar-refractivity contribution in [1.82, 2.24) is 0 Å². The molecule has 2 aliphatic heterocycles. The van der Waals surface area contributed by atoms with Gasteiger partial charge in [0.25, 0.3) is 0 Å². The SMILES string of the molecule is Oc1ccc(/C=C/c2cc(O)cc3c2[C@H](c2cc(O)cc(O)c2)[C@@H](c2ccc(O)c4c2O[C@H](c2ccc(O)cc2O)[C@H]4c2cc(O)cc(O)c2)O3)cc1. The van der Waals surface area contributed by atoms with Crippen LogP contribution in [0.3, 0.4) is 0 Å². The molecule has 8 rings (SSSR count). The Hall–Kier alpha value is -7.14. The summed E-state index contributed by atoms with van der Waals surface area (Å²) < 4.78 is 13.3. The zero-order valence-corrected chi connectivity index (χ0v) is 27.6. The number of ether oxygens (including phenoxy) is 2. The first kappa shape index (κ1) is 33.0. The molecule has 0 amide bonds. The van der Waals surface area contributed by atoms with Gasteiger partial charge in [-0.2, -0.15) is 0 Å². The molecule has 266 valence electrons. The lowest BCUT2D eigenvalue weighted by atomic mass is 9.80. The lowest BCUT2D eigenvalue weighted by Gasteiger charge is -2.23. The summed E-state index contributed by atoms with van der Waals surface area (Å²) in [6.07, 6.45) is 1.58. The highest BCUT2D eigenvalue weighted by molar-refractivity contribution is 5.76. The van der Waals surface area contributed by atoms with Gasteiger partial charge in [-0.15, -0.1) is 0 Å². The first-order chi connectivity index (χ1) is 25.4. The van der Waals surface area contributed by atoms with E-state index < -0.39 is 24.0 Å². The van der Waals surface area contributed by atoms with Gasteiger partial charge in [0.05, 0.1) is 11.8 Å². The van der Waals surface area contributed by atoms with E-state index in [0.717, 1.165) is 17.7 Å². The van der Waals surface area contributed by atoms with Crippen LogP contribution >= 0.6 is 0 Å². The van der Waals surface area contributed by atoms with Crippen molar-refractivity contribution in [2.24, 2.45) is 0 Å². The molecule has 0 fully saturated rings. The van der Waals surface area contributed by atoms with Gasteiger partial charge < -0.3 is 55.4 Å². The third-order valence-corrected chi connectivity index (χ3v) is 9.63. The molecule has 11 nitrogen and oxygen atoms in total. The summed E-state index contributed by atoms with van der Waals surface area (Å²) in [4.78, 5) is 0. The maximum atomic E-state index is 11.5. The van der Waals surface area contributed by atoms with Crippen molar-refractivity contribution < 1.29 is 55.4 Å². The molecule has 0 unspecified atom stereocenters. The Kier molecular flexibility index (Phi) is 7.83. The van der Waals surface area contributed by atoms with E-state index in [1.165, 1.54) is 54.6 Å². The second-order valence-corrected chi connectivity index (χ2v) is 13.1. The van der Waals surface area contributed by atoms with E-state index in [1.54, 1.807) is 48.6 Å². The molecule has 0 saturated carbocycles. The lowest BCUT2D eigenvalue weighted by Crippen LogP contribution is -2.13. The Morgan fingerprint density at radius 3 is 1.58 bits per heavy atom. The van der Waals surface area contributed by atoms with E-state index in [4.69, 9.17) is 9.47 Å². The summed E-state index contributed by atoms with van der Waals surface area (Å²) in [5, 5.41) is 95.4. The van der Waals surface area contributed by atoms with E-state index >= 15 is 0 Å². The Labute approximate surface area is 302 Å². The molecule has 11 heteroatoms. The number of benzene rings is 6. The first-order valence-corrected chi connectivity index (χ1v) is 16.5. The highest BCUT2D eigenvalue weighted by atomic mass is 16.5. The van der Waals surface area contributed by atoms with Crippen LogP contribution in [-0.4, -0.2) is 46.0 Å². The van der Waals surface area contributed by atoms with Crippen LogP contribution in [0.2, 0.25) is 0 Å². The van der Waals surface area contributed by atoms with E-state index in [9.17, 15) is 46.0 Å². The van der Waals surface area contributed by atoms with Crippen LogP contribution in [0.25, 0.3) is 12.2 Å². The third-order valence-electron chi connectivity index (χ3n) is 9.63. The minimum atomic E-state index is -1.04. The minimum Gasteiger partial charge on any atom is -0.508 e. The largest absolute Gasteiger partial charge is 0.508 e. The third kappa shape index (κ3) is 5.93. The quantitative estimate of drug-likeness (QED) is 0.0765. The molecule has 0 saturated heterocycles. The number of fused-ring (bicyclic) bond motifs is 2. The topological polar surface area (TPSA) is 201 Å². The van der Waals surface area contributed by atoms with Crippen molar-refractivity contribution in [3.63, 3.8) is 0 Å². The van der Waals surface area contributed by atoms with Crippen LogP contribution in [0, 0.1) is 0 Å². The summed E-state index contributed by atoms with van der Waals surface area (Å²) >= 11 is 0. The lowest BCUT2D eigenvalue weighted by molar-refractivity contribution is 0.191. The second kappa shape index (κ2) is 12.6. The molecular weight excluding hydrogens is 680 g/mol. The average Bonchev–Trinajstić information content (AvgIpc) is 3.67. The van der Waals surface area contributed by atoms with Crippen molar-refractivity contribution in [3.8, 4) is 63.2 Å². The molecule has 0 aliphatic carbocycles. The number of phenols is 9. The van der Waals surface area contributed by atoms with Gasteiger partial charge in [-0.05, 0) is 89.0 Å². The molecule has 0 spiro atoms. The predicted molar refractivity (Wildman–Crippen MR) is 193 cm³/mol. The summed E-state index contributed by atoms with van der Waals surface area (Å²) in [5.74, 6) is -2.73. The highest BCUT2D eigenvalue weighted by Gasteiger charge is 2.46. The van der Waals surface area contributed by atoms with Crippen LogP contribution < -0.4 is 9.47 Å². The maximum absolute atomic E-state index is 11.5. The van der Waals surface area contributed by atoms with Crippen molar-refractivity contribution in [3.05, 3.63) is 148 Å². The van der Waals surface area contributed by atoms with Crippen molar-refractivity contribution in [2.75, 3.05) is 0 Å². The predicted octanol–water partition coefficient (Wildman–Crippen LogP) is 7.74. The normalized spacial score (nSPS) is 18.7. The smallest absolute Gasteiger partial charge is 0.138 e. The van der Waals surface area contributed by atoms with Gasteiger partial charge in [0, 0.05) is 46.5 Å². The molecule has 2 heterocycles. The molecule has 0 aromatic heterocycles. The number of rotatable bonds is 6. The van der Waals surface area contributed by atoms with Crippen LogP contribution in [0.1, 0.15) is 68.6 Å². The van der Waals surface area contributed by atoms with Crippen molar-refractivity contribution >= 4 is 12.2 Å². The molecule has 2 aliphatic rings. The summed E-state index contributed by atoms with van der Waals surface area (Å²) in [5.41, 5.74) is 3.66. The number of hydrogen-bond donors (Lipinski definition) is 9.